The largest absolute Gasteiger partial charge is 0.326 e. The fraction of sp³-hybridized carbons (Fsp3) is 0.250. The topological polar surface area (TPSA) is 89.8 Å². The van der Waals surface area contributed by atoms with Gasteiger partial charge in [0.05, 0.1) is 11.4 Å². The number of Topliss-reactive ketones (excluding diaryl/α,β-unsaturated/α-hetero) is 1. The molecule has 1 aromatic heterocycles. The molecule has 0 spiro atoms. The van der Waals surface area contributed by atoms with Gasteiger partial charge < -0.3 is 5.32 Å². The number of hydrogen-bond donors (Lipinski definition) is 1. The molecule has 0 bridgehead atoms. The lowest BCUT2D eigenvalue weighted by Crippen LogP contribution is -2.14. The number of thioether (sulfide) groups is 1. The van der Waals surface area contributed by atoms with E-state index in [0.29, 0.717) is 27.9 Å². The van der Waals surface area contributed by atoms with E-state index in [2.05, 4.69) is 20.8 Å². The summed E-state index contributed by atoms with van der Waals surface area (Å²) in [4.78, 5) is 24.3. The monoisotopic (exact) mass is 429 g/mol. The Morgan fingerprint density at radius 2 is 1.79 bits per heavy atom. The number of aromatic nitrogens is 4. The quantitative estimate of drug-likeness (QED) is 0.424. The van der Waals surface area contributed by atoms with Crippen molar-refractivity contribution in [3.8, 4) is 5.69 Å². The van der Waals surface area contributed by atoms with Crippen molar-refractivity contribution in [2.75, 3.05) is 11.1 Å². The smallest absolute Gasteiger partial charge is 0.224 e. The van der Waals surface area contributed by atoms with Crippen molar-refractivity contribution >= 4 is 40.7 Å². The van der Waals surface area contributed by atoms with Crippen molar-refractivity contribution in [2.45, 2.75) is 25.4 Å². The Balaban J connectivity index is 1.60. The Bertz CT molecular complexity index is 987. The number of ketones is 1. The van der Waals surface area contributed by atoms with E-state index >= 15 is 0 Å². The molecule has 7 nitrogen and oxygen atoms in total. The average Bonchev–Trinajstić information content (AvgIpc) is 3.15. The molecule has 0 saturated heterocycles. The lowest BCUT2D eigenvalue weighted by molar-refractivity contribution is -0.116. The van der Waals surface area contributed by atoms with Crippen molar-refractivity contribution in [1.82, 2.24) is 20.2 Å². The second-order valence-electron chi connectivity index (χ2n) is 6.79. The van der Waals surface area contributed by atoms with Crippen LogP contribution < -0.4 is 5.32 Å². The van der Waals surface area contributed by atoms with Crippen LogP contribution >= 0.6 is 23.4 Å². The Hall–Kier alpha value is -2.71. The zero-order chi connectivity index (χ0) is 20.8. The van der Waals surface area contributed by atoms with Gasteiger partial charge in [-0.15, -0.1) is 5.10 Å². The van der Waals surface area contributed by atoms with Crippen LogP contribution in [0.4, 0.5) is 5.69 Å². The van der Waals surface area contributed by atoms with Gasteiger partial charge in [-0.1, -0.05) is 37.2 Å². The van der Waals surface area contributed by atoms with Crippen LogP contribution in [0, 0.1) is 5.92 Å². The van der Waals surface area contributed by atoms with Crippen molar-refractivity contribution in [3.63, 3.8) is 0 Å². The highest BCUT2D eigenvalue weighted by atomic mass is 35.5. The Morgan fingerprint density at radius 1 is 1.10 bits per heavy atom. The van der Waals surface area contributed by atoms with E-state index in [-0.39, 0.29) is 23.4 Å². The molecule has 3 aromatic rings. The molecule has 9 heteroatoms. The SMILES string of the molecule is CC(C)CC(=O)Nc1ccc(C(=O)CSc2nnnn2-c2ccc(Cl)cc2)cc1. The number of anilines is 1. The standard InChI is InChI=1S/C20H20ClN5O2S/c1-13(2)11-19(28)22-16-7-3-14(4-8-16)18(27)12-29-20-23-24-25-26(20)17-9-5-15(21)6-10-17/h3-10,13H,11-12H2,1-2H3,(H,22,28). The normalized spacial score (nSPS) is 10.9. The second-order valence-corrected chi connectivity index (χ2v) is 8.16. The predicted molar refractivity (Wildman–Crippen MR) is 114 cm³/mol. The summed E-state index contributed by atoms with van der Waals surface area (Å²) in [5, 5.41) is 15.6. The number of amides is 1. The van der Waals surface area contributed by atoms with Crippen LogP contribution in [0.2, 0.25) is 5.02 Å². The lowest BCUT2D eigenvalue weighted by atomic mass is 10.1. The van der Waals surface area contributed by atoms with E-state index in [1.807, 2.05) is 13.8 Å². The number of carbonyl (C=O) groups is 2. The third kappa shape index (κ3) is 5.88. The summed E-state index contributed by atoms with van der Waals surface area (Å²) < 4.78 is 1.56. The maximum atomic E-state index is 12.5. The van der Waals surface area contributed by atoms with Crippen LogP contribution in [-0.4, -0.2) is 37.7 Å². The van der Waals surface area contributed by atoms with Crippen molar-refractivity contribution in [3.05, 3.63) is 59.1 Å². The highest BCUT2D eigenvalue weighted by Gasteiger charge is 2.13. The molecule has 0 radical (unpaired) electrons. The maximum Gasteiger partial charge on any atom is 0.224 e. The molecule has 0 atom stereocenters. The van der Waals surface area contributed by atoms with Crippen LogP contribution in [0.15, 0.2) is 53.7 Å². The molecule has 3 rings (SSSR count). The fourth-order valence-electron chi connectivity index (χ4n) is 2.55. The van der Waals surface area contributed by atoms with Gasteiger partial charge in [0.25, 0.3) is 0 Å². The molecule has 0 unspecified atom stereocenters. The Morgan fingerprint density at radius 3 is 2.45 bits per heavy atom. The summed E-state index contributed by atoms with van der Waals surface area (Å²) in [5.41, 5.74) is 1.99. The van der Waals surface area contributed by atoms with Gasteiger partial charge in [-0.05, 0) is 64.9 Å². The molecule has 1 N–H and O–H groups in total. The van der Waals surface area contributed by atoms with Gasteiger partial charge in [0.2, 0.25) is 11.1 Å². The van der Waals surface area contributed by atoms with Gasteiger partial charge in [-0.3, -0.25) is 9.59 Å². The van der Waals surface area contributed by atoms with Crippen LogP contribution in [-0.2, 0) is 4.79 Å². The molecule has 0 aliphatic rings. The molecule has 1 heterocycles. The molecule has 150 valence electrons. The molecule has 0 aliphatic heterocycles. The summed E-state index contributed by atoms with van der Waals surface area (Å²) >= 11 is 7.16. The third-order valence-electron chi connectivity index (χ3n) is 3.93. The number of nitrogens with one attached hydrogen (secondary N) is 1. The van der Waals surface area contributed by atoms with Gasteiger partial charge >= 0.3 is 0 Å². The minimum absolute atomic E-state index is 0.0383. The van der Waals surface area contributed by atoms with E-state index < -0.39 is 0 Å². The maximum absolute atomic E-state index is 12.5. The van der Waals surface area contributed by atoms with Crippen molar-refractivity contribution in [2.24, 2.45) is 5.92 Å². The van der Waals surface area contributed by atoms with E-state index in [4.69, 9.17) is 11.6 Å². The summed E-state index contributed by atoms with van der Waals surface area (Å²) in [7, 11) is 0. The fourth-order valence-corrected chi connectivity index (χ4v) is 3.46. The highest BCUT2D eigenvalue weighted by molar-refractivity contribution is 7.99. The van der Waals surface area contributed by atoms with Crippen LogP contribution in [0.3, 0.4) is 0 Å². The molecule has 0 fully saturated rings. The zero-order valence-corrected chi connectivity index (χ0v) is 17.6. The van der Waals surface area contributed by atoms with Gasteiger partial charge in [0.15, 0.2) is 5.78 Å². The van der Waals surface area contributed by atoms with Crippen molar-refractivity contribution < 1.29 is 9.59 Å². The molecule has 2 aromatic carbocycles. The van der Waals surface area contributed by atoms with Gasteiger partial charge in [-0.2, -0.15) is 4.68 Å². The number of halogens is 1. The van der Waals surface area contributed by atoms with E-state index in [1.54, 1.807) is 53.2 Å². The number of tetrazole rings is 1. The van der Waals surface area contributed by atoms with Gasteiger partial charge in [0.1, 0.15) is 0 Å². The minimum atomic E-state index is -0.0549. The predicted octanol–water partition coefficient (Wildman–Crippen LogP) is 4.28. The van der Waals surface area contributed by atoms with Crippen LogP contribution in [0.1, 0.15) is 30.6 Å². The average molecular weight is 430 g/mol. The molecule has 1 amide bonds. The van der Waals surface area contributed by atoms with Crippen LogP contribution in [0.25, 0.3) is 5.69 Å². The first-order valence-corrected chi connectivity index (χ1v) is 10.4. The number of rotatable bonds is 8. The zero-order valence-electron chi connectivity index (χ0n) is 16.0. The van der Waals surface area contributed by atoms with E-state index in [0.717, 1.165) is 5.69 Å². The number of hydrogen-bond acceptors (Lipinski definition) is 6. The van der Waals surface area contributed by atoms with Gasteiger partial charge in [-0.25, -0.2) is 0 Å². The third-order valence-corrected chi connectivity index (χ3v) is 5.10. The summed E-state index contributed by atoms with van der Waals surface area (Å²) in [5.74, 6) is 0.384. The van der Waals surface area contributed by atoms with E-state index in [9.17, 15) is 9.59 Å². The second kappa shape index (κ2) is 9.67. The first-order valence-electron chi connectivity index (χ1n) is 9.02. The van der Waals surface area contributed by atoms with E-state index in [1.165, 1.54) is 11.8 Å². The Labute approximate surface area is 177 Å². The van der Waals surface area contributed by atoms with Crippen molar-refractivity contribution in [1.29, 1.82) is 0 Å². The first-order chi connectivity index (χ1) is 13.9. The molecule has 0 aliphatic carbocycles. The lowest BCUT2D eigenvalue weighted by Gasteiger charge is -2.08. The number of benzene rings is 2. The summed E-state index contributed by atoms with van der Waals surface area (Å²) in [6.45, 7) is 3.98. The minimum Gasteiger partial charge on any atom is -0.326 e. The molecule has 29 heavy (non-hydrogen) atoms. The van der Waals surface area contributed by atoms with Crippen LogP contribution in [0.5, 0.6) is 0 Å². The van der Waals surface area contributed by atoms with Gasteiger partial charge in [0, 0.05) is 22.7 Å². The molecular formula is C20H20ClN5O2S. The number of nitrogens with zero attached hydrogens (tertiary/aromatic N) is 4. The molecule has 0 saturated carbocycles. The Kier molecular flexibility index (Phi) is 7.00. The first kappa shape index (κ1) is 21.0. The summed E-state index contributed by atoms with van der Waals surface area (Å²) in [6, 6.07) is 14.0. The number of carbonyl (C=O) groups excluding carboxylic acids is 2. The molecular weight excluding hydrogens is 410 g/mol. The summed E-state index contributed by atoms with van der Waals surface area (Å²) in [6.07, 6.45) is 0.458. The highest BCUT2D eigenvalue weighted by Crippen LogP contribution is 2.21.